The fourth-order valence-corrected chi connectivity index (χ4v) is 1.85. The van der Waals surface area contributed by atoms with Crippen molar-refractivity contribution in [3.05, 3.63) is 30.5 Å². The van der Waals surface area contributed by atoms with Gasteiger partial charge in [0.2, 0.25) is 0 Å². The second-order valence-corrected chi connectivity index (χ2v) is 4.34. The van der Waals surface area contributed by atoms with Crippen LogP contribution in [0, 0.1) is 0 Å². The van der Waals surface area contributed by atoms with Crippen molar-refractivity contribution in [2.24, 2.45) is 0 Å². The number of nitrogens with zero attached hydrogens (tertiary/aromatic N) is 1. The van der Waals surface area contributed by atoms with Crippen LogP contribution in [-0.2, 0) is 0 Å². The number of benzene rings is 1. The fourth-order valence-electron chi connectivity index (χ4n) is 1.85. The summed E-state index contributed by atoms with van der Waals surface area (Å²) in [4.78, 5) is 16.0. The van der Waals surface area contributed by atoms with Gasteiger partial charge in [-0.05, 0) is 30.7 Å². The highest BCUT2D eigenvalue weighted by atomic mass is 16.2. The number of pyridine rings is 1. The van der Waals surface area contributed by atoms with Crippen molar-refractivity contribution in [1.82, 2.24) is 10.3 Å². The Morgan fingerprint density at radius 1 is 1.37 bits per heavy atom. The maximum atomic E-state index is 11.7. The molecule has 2 rings (SSSR count). The lowest BCUT2D eigenvalue weighted by Gasteiger charge is -2.10. The average Bonchev–Trinajstić information content (AvgIpc) is 2.43. The van der Waals surface area contributed by atoms with Crippen LogP contribution in [0.15, 0.2) is 30.5 Å². The minimum Gasteiger partial charge on any atom is -0.397 e. The van der Waals surface area contributed by atoms with Crippen LogP contribution in [0.4, 0.5) is 16.2 Å². The molecule has 0 aliphatic rings. The highest BCUT2D eigenvalue weighted by Gasteiger charge is 2.07. The molecule has 5 nitrogen and oxygen atoms in total. The molecular weight excluding hydrogens is 240 g/mol. The van der Waals surface area contributed by atoms with E-state index in [0.29, 0.717) is 23.4 Å². The van der Waals surface area contributed by atoms with Gasteiger partial charge in [0.1, 0.15) is 0 Å². The maximum Gasteiger partial charge on any atom is 0.319 e. The third kappa shape index (κ3) is 3.13. The van der Waals surface area contributed by atoms with E-state index < -0.39 is 0 Å². The topological polar surface area (TPSA) is 80.0 Å². The first-order valence-corrected chi connectivity index (χ1v) is 6.40. The number of hydrogen-bond acceptors (Lipinski definition) is 3. The number of nitrogens with two attached hydrogens (primary N) is 1. The van der Waals surface area contributed by atoms with E-state index in [1.807, 2.05) is 12.1 Å². The van der Waals surface area contributed by atoms with Gasteiger partial charge in [-0.1, -0.05) is 13.3 Å². The Kier molecular flexibility index (Phi) is 4.18. The van der Waals surface area contributed by atoms with Crippen LogP contribution in [-0.4, -0.2) is 17.6 Å². The zero-order valence-electron chi connectivity index (χ0n) is 10.9. The third-order valence-corrected chi connectivity index (χ3v) is 2.86. The van der Waals surface area contributed by atoms with Gasteiger partial charge < -0.3 is 16.4 Å². The Balaban J connectivity index is 2.17. The summed E-state index contributed by atoms with van der Waals surface area (Å²) in [7, 11) is 0. The van der Waals surface area contributed by atoms with E-state index in [0.717, 1.165) is 18.2 Å². The molecular formula is C14H18N4O. The maximum absolute atomic E-state index is 11.7. The first-order valence-electron chi connectivity index (χ1n) is 6.40. The van der Waals surface area contributed by atoms with Crippen molar-refractivity contribution in [2.75, 3.05) is 17.6 Å². The van der Waals surface area contributed by atoms with Crippen LogP contribution in [0.5, 0.6) is 0 Å². The summed E-state index contributed by atoms with van der Waals surface area (Å²) in [5.41, 5.74) is 7.88. The van der Waals surface area contributed by atoms with E-state index in [9.17, 15) is 4.79 Å². The molecule has 1 heterocycles. The number of carbonyl (C=O) groups is 1. The first kappa shape index (κ1) is 13.1. The van der Waals surface area contributed by atoms with Gasteiger partial charge in [-0.2, -0.15) is 0 Å². The van der Waals surface area contributed by atoms with Gasteiger partial charge in [-0.3, -0.25) is 4.98 Å². The van der Waals surface area contributed by atoms with Crippen LogP contribution in [0.1, 0.15) is 19.8 Å². The number of nitrogens with one attached hydrogen (secondary N) is 2. The second kappa shape index (κ2) is 6.04. The standard InChI is InChI=1S/C14H18N4O/c1-2-3-8-17-14(19)18-12-7-6-11(15)13-10(12)5-4-9-16-13/h4-7,9H,2-3,8,15H2,1H3,(H2,17,18,19). The van der Waals surface area contributed by atoms with Crippen molar-refractivity contribution in [1.29, 1.82) is 0 Å². The first-order chi connectivity index (χ1) is 9.22. The molecule has 100 valence electrons. The molecule has 0 fully saturated rings. The highest BCUT2D eigenvalue weighted by Crippen LogP contribution is 2.26. The number of carbonyl (C=O) groups excluding carboxylic acids is 1. The summed E-state index contributed by atoms with van der Waals surface area (Å²) in [5.74, 6) is 0. The monoisotopic (exact) mass is 258 g/mol. The van der Waals surface area contributed by atoms with Gasteiger partial charge in [0.15, 0.2) is 0 Å². The third-order valence-electron chi connectivity index (χ3n) is 2.86. The van der Waals surface area contributed by atoms with Gasteiger partial charge in [-0.15, -0.1) is 0 Å². The van der Waals surface area contributed by atoms with Crippen LogP contribution >= 0.6 is 0 Å². The predicted molar refractivity (Wildman–Crippen MR) is 78.1 cm³/mol. The quantitative estimate of drug-likeness (QED) is 0.582. The van der Waals surface area contributed by atoms with Crippen molar-refractivity contribution in [2.45, 2.75) is 19.8 Å². The largest absolute Gasteiger partial charge is 0.397 e. The molecule has 0 radical (unpaired) electrons. The normalized spacial score (nSPS) is 10.4. The Labute approximate surface area is 112 Å². The number of aromatic nitrogens is 1. The van der Waals surface area contributed by atoms with Gasteiger partial charge in [0.05, 0.1) is 16.9 Å². The summed E-state index contributed by atoms with van der Waals surface area (Å²) >= 11 is 0. The molecule has 0 bridgehead atoms. The smallest absolute Gasteiger partial charge is 0.319 e. The lowest BCUT2D eigenvalue weighted by atomic mass is 10.1. The number of nitrogen functional groups attached to an aromatic ring is 1. The fraction of sp³-hybridized carbons (Fsp3) is 0.286. The summed E-state index contributed by atoms with van der Waals surface area (Å²) < 4.78 is 0. The van der Waals surface area contributed by atoms with Crippen molar-refractivity contribution >= 4 is 28.3 Å². The molecule has 0 aliphatic heterocycles. The van der Waals surface area contributed by atoms with E-state index in [4.69, 9.17) is 5.73 Å². The number of anilines is 2. The molecule has 5 heteroatoms. The molecule has 1 aromatic carbocycles. The van der Waals surface area contributed by atoms with E-state index in [2.05, 4.69) is 22.5 Å². The SMILES string of the molecule is CCCCNC(=O)Nc1ccc(N)c2ncccc12. The van der Waals surface area contributed by atoms with Crippen molar-refractivity contribution in [3.63, 3.8) is 0 Å². The Bertz CT molecular complexity index is 583. The number of fused-ring (bicyclic) bond motifs is 1. The number of hydrogen-bond donors (Lipinski definition) is 3. The Morgan fingerprint density at radius 2 is 2.21 bits per heavy atom. The van der Waals surface area contributed by atoms with E-state index >= 15 is 0 Å². The number of amides is 2. The van der Waals surface area contributed by atoms with Crippen molar-refractivity contribution < 1.29 is 4.79 Å². The molecule has 2 aromatic rings. The molecule has 0 spiro atoms. The lowest BCUT2D eigenvalue weighted by Crippen LogP contribution is -2.29. The zero-order valence-corrected chi connectivity index (χ0v) is 10.9. The molecule has 0 saturated carbocycles. The summed E-state index contributed by atoms with van der Waals surface area (Å²) in [6.45, 7) is 2.76. The Morgan fingerprint density at radius 3 is 3.00 bits per heavy atom. The van der Waals surface area contributed by atoms with Crippen LogP contribution in [0.2, 0.25) is 0 Å². The molecule has 0 aliphatic carbocycles. The average molecular weight is 258 g/mol. The molecule has 19 heavy (non-hydrogen) atoms. The summed E-state index contributed by atoms with van der Waals surface area (Å²) in [5, 5.41) is 6.48. The molecule has 1 aromatic heterocycles. The number of rotatable bonds is 4. The highest BCUT2D eigenvalue weighted by molar-refractivity contribution is 6.03. The molecule has 0 unspecified atom stereocenters. The van der Waals surface area contributed by atoms with E-state index in [1.165, 1.54) is 0 Å². The van der Waals surface area contributed by atoms with E-state index in [1.54, 1.807) is 18.3 Å². The second-order valence-electron chi connectivity index (χ2n) is 4.34. The minimum absolute atomic E-state index is 0.205. The number of unbranched alkanes of at least 4 members (excludes halogenated alkanes) is 1. The van der Waals surface area contributed by atoms with Gasteiger partial charge in [0, 0.05) is 18.1 Å². The lowest BCUT2D eigenvalue weighted by molar-refractivity contribution is 0.252. The van der Waals surface area contributed by atoms with Gasteiger partial charge in [0.25, 0.3) is 0 Å². The van der Waals surface area contributed by atoms with Crippen LogP contribution in [0.25, 0.3) is 10.9 Å². The van der Waals surface area contributed by atoms with Crippen LogP contribution < -0.4 is 16.4 Å². The molecule has 0 saturated heterocycles. The molecule has 0 atom stereocenters. The molecule has 2 amide bonds. The predicted octanol–water partition coefficient (Wildman–Crippen LogP) is 2.74. The summed E-state index contributed by atoms with van der Waals surface area (Å²) in [6, 6.07) is 7.04. The van der Waals surface area contributed by atoms with E-state index in [-0.39, 0.29) is 6.03 Å². The van der Waals surface area contributed by atoms with Gasteiger partial charge >= 0.3 is 6.03 Å². The molecule has 4 N–H and O–H groups in total. The summed E-state index contributed by atoms with van der Waals surface area (Å²) in [6.07, 6.45) is 3.70. The van der Waals surface area contributed by atoms with Crippen molar-refractivity contribution in [3.8, 4) is 0 Å². The van der Waals surface area contributed by atoms with Gasteiger partial charge in [-0.25, -0.2) is 4.79 Å². The zero-order chi connectivity index (χ0) is 13.7. The number of urea groups is 1. The minimum atomic E-state index is -0.205. The Hall–Kier alpha value is -2.30. The van der Waals surface area contributed by atoms with Crippen LogP contribution in [0.3, 0.4) is 0 Å².